The second kappa shape index (κ2) is 6.63. The quantitative estimate of drug-likeness (QED) is 0.888. The molecule has 5 heteroatoms. The zero-order chi connectivity index (χ0) is 14.5. The first-order valence-corrected chi connectivity index (χ1v) is 7.50. The number of hydrogen-bond acceptors (Lipinski definition) is 4. The van der Waals surface area contributed by atoms with Gasteiger partial charge in [0.2, 0.25) is 5.91 Å². The summed E-state index contributed by atoms with van der Waals surface area (Å²) in [6.07, 6.45) is 2.46. The summed E-state index contributed by atoms with van der Waals surface area (Å²) >= 11 is 1.59. The van der Waals surface area contributed by atoms with Gasteiger partial charge in [-0.2, -0.15) is 0 Å². The predicted molar refractivity (Wildman–Crippen MR) is 83.6 cm³/mol. The first-order chi connectivity index (χ1) is 9.56. The zero-order valence-corrected chi connectivity index (χ0v) is 12.5. The number of anilines is 1. The highest BCUT2D eigenvalue weighted by atomic mass is 32.1. The van der Waals surface area contributed by atoms with Gasteiger partial charge in [-0.15, -0.1) is 11.3 Å². The smallest absolute Gasteiger partial charge is 0.241 e. The second-order valence-corrected chi connectivity index (χ2v) is 6.03. The van der Waals surface area contributed by atoms with E-state index in [1.807, 2.05) is 29.6 Å². The van der Waals surface area contributed by atoms with Crippen LogP contribution in [0.1, 0.15) is 20.3 Å². The molecule has 2 rings (SSSR count). The van der Waals surface area contributed by atoms with Gasteiger partial charge in [0, 0.05) is 22.8 Å². The largest absolute Gasteiger partial charge is 0.325 e. The van der Waals surface area contributed by atoms with Crippen molar-refractivity contribution in [3.63, 3.8) is 0 Å². The van der Waals surface area contributed by atoms with Gasteiger partial charge in [0.05, 0.1) is 6.04 Å². The van der Waals surface area contributed by atoms with Crippen molar-refractivity contribution in [1.29, 1.82) is 0 Å². The molecule has 0 saturated carbocycles. The SMILES string of the molecule is CC(C)C[C@@H](N)C(=O)Nc1ccc(-c2nccs2)cc1. The van der Waals surface area contributed by atoms with Crippen molar-refractivity contribution >= 4 is 22.9 Å². The highest BCUT2D eigenvalue weighted by Crippen LogP contribution is 2.23. The fraction of sp³-hybridized carbons (Fsp3) is 0.333. The molecule has 1 heterocycles. The summed E-state index contributed by atoms with van der Waals surface area (Å²) in [5, 5.41) is 5.75. The summed E-state index contributed by atoms with van der Waals surface area (Å²) < 4.78 is 0. The number of nitrogens with two attached hydrogens (primary N) is 1. The maximum Gasteiger partial charge on any atom is 0.241 e. The summed E-state index contributed by atoms with van der Waals surface area (Å²) in [5.41, 5.74) is 7.66. The monoisotopic (exact) mass is 289 g/mol. The second-order valence-electron chi connectivity index (χ2n) is 5.14. The number of benzene rings is 1. The fourth-order valence-electron chi connectivity index (χ4n) is 1.91. The van der Waals surface area contributed by atoms with Gasteiger partial charge in [-0.3, -0.25) is 4.79 Å². The highest BCUT2D eigenvalue weighted by molar-refractivity contribution is 7.13. The molecular formula is C15H19N3OS. The number of carbonyl (C=O) groups is 1. The molecule has 0 aliphatic carbocycles. The number of hydrogen-bond donors (Lipinski definition) is 2. The van der Waals surface area contributed by atoms with Gasteiger partial charge in [-0.1, -0.05) is 13.8 Å². The standard InChI is InChI=1S/C15H19N3OS/c1-10(2)9-13(16)14(19)18-12-5-3-11(4-6-12)15-17-7-8-20-15/h3-8,10,13H,9,16H2,1-2H3,(H,18,19)/t13-/m1/s1. The highest BCUT2D eigenvalue weighted by Gasteiger charge is 2.15. The van der Waals surface area contributed by atoms with Crippen LogP contribution in [0.15, 0.2) is 35.8 Å². The van der Waals surface area contributed by atoms with Gasteiger partial charge in [-0.25, -0.2) is 4.98 Å². The first kappa shape index (κ1) is 14.7. The number of carbonyl (C=O) groups excluding carboxylic acids is 1. The number of amides is 1. The minimum atomic E-state index is -0.464. The maximum absolute atomic E-state index is 11.9. The summed E-state index contributed by atoms with van der Waals surface area (Å²) in [7, 11) is 0. The molecule has 0 aliphatic heterocycles. The molecule has 1 amide bonds. The van der Waals surface area contributed by atoms with E-state index in [0.29, 0.717) is 12.3 Å². The van der Waals surface area contributed by atoms with Crippen molar-refractivity contribution < 1.29 is 4.79 Å². The molecule has 1 atom stereocenters. The molecule has 2 aromatic rings. The van der Waals surface area contributed by atoms with Crippen LogP contribution in [0.5, 0.6) is 0 Å². The Labute approximate surface area is 123 Å². The average molecular weight is 289 g/mol. The molecule has 0 bridgehead atoms. The molecule has 0 saturated heterocycles. The van der Waals surface area contributed by atoms with Crippen LogP contribution in [0, 0.1) is 5.92 Å². The van der Waals surface area contributed by atoms with Gasteiger partial charge in [0.15, 0.2) is 0 Å². The molecule has 0 fully saturated rings. The first-order valence-electron chi connectivity index (χ1n) is 6.62. The van der Waals surface area contributed by atoms with Crippen LogP contribution in [0.25, 0.3) is 10.6 Å². The Morgan fingerprint density at radius 2 is 2.05 bits per heavy atom. The summed E-state index contributed by atoms with van der Waals surface area (Å²) in [5.74, 6) is 0.267. The Hall–Kier alpha value is -1.72. The zero-order valence-electron chi connectivity index (χ0n) is 11.7. The van der Waals surface area contributed by atoms with E-state index >= 15 is 0 Å². The Balaban J connectivity index is 1.99. The topological polar surface area (TPSA) is 68.0 Å². The summed E-state index contributed by atoms with van der Waals surface area (Å²) in [6, 6.07) is 7.17. The molecule has 4 nitrogen and oxygen atoms in total. The van der Waals surface area contributed by atoms with E-state index in [1.54, 1.807) is 17.5 Å². The Morgan fingerprint density at radius 3 is 2.60 bits per heavy atom. The molecule has 0 radical (unpaired) electrons. The van der Waals surface area contributed by atoms with E-state index in [9.17, 15) is 4.79 Å². The molecule has 0 spiro atoms. The van der Waals surface area contributed by atoms with Crippen molar-refractivity contribution in [2.75, 3.05) is 5.32 Å². The molecule has 1 aromatic heterocycles. The van der Waals surface area contributed by atoms with Gasteiger partial charge in [0.25, 0.3) is 0 Å². The molecule has 0 unspecified atom stereocenters. The lowest BCUT2D eigenvalue weighted by Crippen LogP contribution is -2.36. The van der Waals surface area contributed by atoms with E-state index in [4.69, 9.17) is 5.73 Å². The van der Waals surface area contributed by atoms with Crippen LogP contribution in [0.3, 0.4) is 0 Å². The molecule has 0 aliphatic rings. The van der Waals surface area contributed by atoms with Crippen LogP contribution >= 0.6 is 11.3 Å². The average Bonchev–Trinajstić information content (AvgIpc) is 2.92. The van der Waals surface area contributed by atoms with Gasteiger partial charge >= 0.3 is 0 Å². The Morgan fingerprint density at radius 1 is 1.35 bits per heavy atom. The molecule has 1 aromatic carbocycles. The summed E-state index contributed by atoms with van der Waals surface area (Å²) in [4.78, 5) is 16.2. The van der Waals surface area contributed by atoms with Crippen LogP contribution < -0.4 is 11.1 Å². The third-order valence-corrected chi connectivity index (χ3v) is 3.72. The van der Waals surface area contributed by atoms with Crippen LogP contribution in [0.2, 0.25) is 0 Å². The molecule has 3 N–H and O–H groups in total. The molecular weight excluding hydrogens is 270 g/mol. The number of thiazole rings is 1. The van der Waals surface area contributed by atoms with E-state index in [-0.39, 0.29) is 5.91 Å². The van der Waals surface area contributed by atoms with Crippen LogP contribution in [-0.4, -0.2) is 16.9 Å². The normalized spacial score (nSPS) is 12.4. The third-order valence-electron chi connectivity index (χ3n) is 2.89. The third kappa shape index (κ3) is 3.88. The number of nitrogens with zero attached hydrogens (tertiary/aromatic N) is 1. The van der Waals surface area contributed by atoms with Crippen LogP contribution in [0.4, 0.5) is 5.69 Å². The summed E-state index contributed by atoms with van der Waals surface area (Å²) in [6.45, 7) is 4.10. The number of nitrogens with one attached hydrogen (secondary N) is 1. The molecule has 106 valence electrons. The van der Waals surface area contributed by atoms with Gasteiger partial charge < -0.3 is 11.1 Å². The molecule has 20 heavy (non-hydrogen) atoms. The predicted octanol–water partition coefficient (Wildman–Crippen LogP) is 3.12. The maximum atomic E-state index is 11.9. The van der Waals surface area contributed by atoms with Gasteiger partial charge in [0.1, 0.15) is 5.01 Å². The lowest BCUT2D eigenvalue weighted by molar-refractivity contribution is -0.117. The van der Waals surface area contributed by atoms with E-state index < -0.39 is 6.04 Å². The number of aromatic nitrogens is 1. The Kier molecular flexibility index (Phi) is 4.87. The van der Waals surface area contributed by atoms with Crippen molar-refractivity contribution in [3.8, 4) is 10.6 Å². The lowest BCUT2D eigenvalue weighted by Gasteiger charge is -2.14. The van der Waals surface area contributed by atoms with E-state index in [2.05, 4.69) is 24.1 Å². The van der Waals surface area contributed by atoms with E-state index in [0.717, 1.165) is 16.3 Å². The van der Waals surface area contributed by atoms with Crippen molar-refractivity contribution in [1.82, 2.24) is 4.98 Å². The van der Waals surface area contributed by atoms with Gasteiger partial charge in [-0.05, 0) is 36.6 Å². The minimum absolute atomic E-state index is 0.138. The van der Waals surface area contributed by atoms with E-state index in [1.165, 1.54) is 0 Å². The minimum Gasteiger partial charge on any atom is -0.325 e. The Bertz CT molecular complexity index is 549. The van der Waals surface area contributed by atoms with Crippen molar-refractivity contribution in [2.45, 2.75) is 26.3 Å². The number of rotatable bonds is 5. The van der Waals surface area contributed by atoms with Crippen molar-refractivity contribution in [3.05, 3.63) is 35.8 Å². The van der Waals surface area contributed by atoms with Crippen LogP contribution in [-0.2, 0) is 4.79 Å². The fourth-order valence-corrected chi connectivity index (χ4v) is 2.56. The van der Waals surface area contributed by atoms with Crippen molar-refractivity contribution in [2.24, 2.45) is 11.7 Å². The lowest BCUT2D eigenvalue weighted by atomic mass is 10.0.